The van der Waals surface area contributed by atoms with E-state index in [4.69, 9.17) is 0 Å². The quantitative estimate of drug-likeness (QED) is 0.746. The molecule has 2 rings (SSSR count). The van der Waals surface area contributed by atoms with Crippen LogP contribution in [0.5, 0.6) is 5.75 Å². The van der Waals surface area contributed by atoms with Gasteiger partial charge >= 0.3 is 6.18 Å². The molecule has 0 aliphatic rings. The average molecular weight is 395 g/mol. The Hall–Kier alpha value is -3.10. The summed E-state index contributed by atoms with van der Waals surface area (Å²) in [6, 6.07) is 8.41. The first-order chi connectivity index (χ1) is 13.2. The van der Waals surface area contributed by atoms with Gasteiger partial charge in [0.2, 0.25) is 5.91 Å². The number of halogens is 3. The highest BCUT2D eigenvalue weighted by atomic mass is 19.4. The number of hydrogen-bond donors (Lipinski definition) is 2. The molecule has 0 bridgehead atoms. The van der Waals surface area contributed by atoms with Crippen LogP contribution in [0.15, 0.2) is 42.6 Å². The largest absolute Gasteiger partial charge is 0.484 e. The first-order valence-electron chi connectivity index (χ1n) is 8.54. The molecule has 1 atom stereocenters. The summed E-state index contributed by atoms with van der Waals surface area (Å²) in [6.07, 6.45) is -2.64. The van der Waals surface area contributed by atoms with Gasteiger partial charge in [-0.15, -0.1) is 0 Å². The van der Waals surface area contributed by atoms with Gasteiger partial charge < -0.3 is 15.4 Å². The molecule has 1 unspecified atom stereocenters. The Morgan fingerprint density at radius 2 is 1.96 bits per heavy atom. The Bertz CT molecular complexity index is 840. The minimum atomic E-state index is -4.46. The third kappa shape index (κ3) is 6.57. The van der Waals surface area contributed by atoms with Gasteiger partial charge in [0.15, 0.2) is 6.61 Å². The maximum absolute atomic E-state index is 12.4. The van der Waals surface area contributed by atoms with Crippen molar-refractivity contribution in [3.63, 3.8) is 0 Å². The SMILES string of the molecule is CCC(=O)Nc1cc(C(C)NC(=O)c2cccc(OCC(F)(F)F)c2)ccn1. The van der Waals surface area contributed by atoms with Crippen molar-refractivity contribution in [2.24, 2.45) is 0 Å². The summed E-state index contributed by atoms with van der Waals surface area (Å²) in [5, 5.41) is 5.38. The monoisotopic (exact) mass is 395 g/mol. The fraction of sp³-hybridized carbons (Fsp3) is 0.316. The molecule has 0 fully saturated rings. The van der Waals surface area contributed by atoms with E-state index in [2.05, 4.69) is 20.4 Å². The molecule has 0 saturated heterocycles. The minimum absolute atomic E-state index is 0.0499. The molecule has 150 valence electrons. The van der Waals surface area contributed by atoms with Crippen molar-refractivity contribution < 1.29 is 27.5 Å². The van der Waals surface area contributed by atoms with E-state index in [0.717, 1.165) is 0 Å². The lowest BCUT2D eigenvalue weighted by Crippen LogP contribution is -2.27. The topological polar surface area (TPSA) is 80.3 Å². The fourth-order valence-electron chi connectivity index (χ4n) is 2.27. The van der Waals surface area contributed by atoms with E-state index >= 15 is 0 Å². The van der Waals surface area contributed by atoms with Crippen molar-refractivity contribution in [2.75, 3.05) is 11.9 Å². The zero-order chi connectivity index (χ0) is 20.7. The van der Waals surface area contributed by atoms with Crippen LogP contribution in [0.1, 0.15) is 42.2 Å². The van der Waals surface area contributed by atoms with Crippen molar-refractivity contribution >= 4 is 17.6 Å². The smallest absolute Gasteiger partial charge is 0.422 e. The van der Waals surface area contributed by atoms with Gasteiger partial charge in [0, 0.05) is 18.2 Å². The molecule has 0 spiro atoms. The maximum atomic E-state index is 12.4. The van der Waals surface area contributed by atoms with Crippen molar-refractivity contribution in [2.45, 2.75) is 32.5 Å². The lowest BCUT2D eigenvalue weighted by molar-refractivity contribution is -0.153. The molecule has 2 aromatic rings. The van der Waals surface area contributed by atoms with Crippen LogP contribution in [-0.4, -0.2) is 29.6 Å². The number of ether oxygens (including phenoxy) is 1. The van der Waals surface area contributed by atoms with Crippen molar-refractivity contribution in [1.29, 1.82) is 0 Å². The number of aromatic nitrogens is 1. The fourth-order valence-corrected chi connectivity index (χ4v) is 2.27. The number of hydrogen-bond acceptors (Lipinski definition) is 4. The molecule has 0 saturated carbocycles. The van der Waals surface area contributed by atoms with E-state index in [0.29, 0.717) is 17.8 Å². The standard InChI is InChI=1S/C19H20F3N3O3/c1-3-17(26)25-16-10-13(7-8-23-16)12(2)24-18(27)14-5-4-6-15(9-14)28-11-19(20,21)22/h4-10,12H,3,11H2,1-2H3,(H,24,27)(H,23,25,26). The molecule has 28 heavy (non-hydrogen) atoms. The molecule has 2 amide bonds. The summed E-state index contributed by atoms with van der Waals surface area (Å²) >= 11 is 0. The molecular formula is C19H20F3N3O3. The van der Waals surface area contributed by atoms with Gasteiger partial charge in [-0.05, 0) is 42.8 Å². The summed E-state index contributed by atoms with van der Waals surface area (Å²) in [6.45, 7) is 2.02. The first-order valence-corrected chi connectivity index (χ1v) is 8.54. The molecule has 9 heteroatoms. The lowest BCUT2D eigenvalue weighted by Gasteiger charge is -2.16. The third-order valence-electron chi connectivity index (χ3n) is 3.72. The van der Waals surface area contributed by atoms with Gasteiger partial charge in [0.25, 0.3) is 5.91 Å². The summed E-state index contributed by atoms with van der Waals surface area (Å²) in [5.74, 6) is -0.336. The number of anilines is 1. The number of nitrogens with one attached hydrogen (secondary N) is 2. The van der Waals surface area contributed by atoms with E-state index in [1.54, 1.807) is 26.0 Å². The number of amides is 2. The number of alkyl halides is 3. The second kappa shape index (κ2) is 9.20. The molecule has 2 N–H and O–H groups in total. The number of nitrogens with zero attached hydrogens (tertiary/aromatic N) is 1. The third-order valence-corrected chi connectivity index (χ3v) is 3.72. The van der Waals surface area contributed by atoms with E-state index in [9.17, 15) is 22.8 Å². The van der Waals surface area contributed by atoms with Crippen LogP contribution >= 0.6 is 0 Å². The Labute approximate surface area is 160 Å². The molecule has 0 aliphatic carbocycles. The van der Waals surface area contributed by atoms with Crippen LogP contribution < -0.4 is 15.4 Å². The van der Waals surface area contributed by atoms with Gasteiger partial charge in [-0.1, -0.05) is 13.0 Å². The number of rotatable bonds is 7. The number of carbonyl (C=O) groups excluding carboxylic acids is 2. The Kier molecular flexibility index (Phi) is 6.97. The molecule has 6 nitrogen and oxygen atoms in total. The molecule has 1 heterocycles. The zero-order valence-corrected chi connectivity index (χ0v) is 15.3. The molecule has 1 aromatic heterocycles. The van der Waals surface area contributed by atoms with E-state index in [1.165, 1.54) is 30.5 Å². The van der Waals surface area contributed by atoms with Crippen LogP contribution in [0.2, 0.25) is 0 Å². The van der Waals surface area contributed by atoms with Crippen molar-refractivity contribution in [1.82, 2.24) is 10.3 Å². The Morgan fingerprint density at radius 1 is 1.21 bits per heavy atom. The van der Waals surface area contributed by atoms with Crippen molar-refractivity contribution in [3.05, 3.63) is 53.7 Å². The van der Waals surface area contributed by atoms with Crippen LogP contribution in [0.25, 0.3) is 0 Å². The number of benzene rings is 1. The lowest BCUT2D eigenvalue weighted by atomic mass is 10.1. The van der Waals surface area contributed by atoms with Crippen LogP contribution in [0, 0.1) is 0 Å². The second-order valence-electron chi connectivity index (χ2n) is 6.00. The van der Waals surface area contributed by atoms with E-state index < -0.39 is 24.7 Å². The number of pyridine rings is 1. The Morgan fingerprint density at radius 3 is 2.64 bits per heavy atom. The predicted molar refractivity (Wildman–Crippen MR) is 97.0 cm³/mol. The van der Waals surface area contributed by atoms with Crippen molar-refractivity contribution in [3.8, 4) is 5.75 Å². The molecular weight excluding hydrogens is 375 g/mol. The summed E-state index contributed by atoms with van der Waals surface area (Å²) in [4.78, 5) is 27.9. The van der Waals surface area contributed by atoms with Gasteiger partial charge in [-0.3, -0.25) is 9.59 Å². The van der Waals surface area contributed by atoms with Gasteiger partial charge in [0.05, 0.1) is 6.04 Å². The first kappa shape index (κ1) is 21.2. The van der Waals surface area contributed by atoms with Crippen LogP contribution in [0.3, 0.4) is 0 Å². The van der Waals surface area contributed by atoms with Crippen LogP contribution in [-0.2, 0) is 4.79 Å². The molecule has 0 radical (unpaired) electrons. The van der Waals surface area contributed by atoms with E-state index in [1.807, 2.05) is 0 Å². The zero-order valence-electron chi connectivity index (χ0n) is 15.3. The normalized spacial score (nSPS) is 12.2. The highest BCUT2D eigenvalue weighted by molar-refractivity contribution is 5.95. The molecule has 1 aromatic carbocycles. The highest BCUT2D eigenvalue weighted by Gasteiger charge is 2.28. The minimum Gasteiger partial charge on any atom is -0.484 e. The summed E-state index contributed by atoms with van der Waals surface area (Å²) < 4.78 is 41.4. The van der Waals surface area contributed by atoms with Gasteiger partial charge in [-0.25, -0.2) is 4.98 Å². The van der Waals surface area contributed by atoms with Gasteiger partial charge in [-0.2, -0.15) is 13.2 Å². The van der Waals surface area contributed by atoms with Gasteiger partial charge in [0.1, 0.15) is 11.6 Å². The molecule has 0 aliphatic heterocycles. The predicted octanol–water partition coefficient (Wildman–Crippen LogP) is 3.86. The Balaban J connectivity index is 2.04. The maximum Gasteiger partial charge on any atom is 0.422 e. The average Bonchev–Trinajstić information content (AvgIpc) is 2.66. The van der Waals surface area contributed by atoms with Crippen LogP contribution in [0.4, 0.5) is 19.0 Å². The highest BCUT2D eigenvalue weighted by Crippen LogP contribution is 2.20. The second-order valence-corrected chi connectivity index (χ2v) is 6.00. The van der Waals surface area contributed by atoms with E-state index in [-0.39, 0.29) is 17.2 Å². The summed E-state index contributed by atoms with van der Waals surface area (Å²) in [5.41, 5.74) is 0.874. The summed E-state index contributed by atoms with van der Waals surface area (Å²) in [7, 11) is 0. The number of carbonyl (C=O) groups is 2.